The molecule has 0 saturated carbocycles. The van der Waals surface area contributed by atoms with Crippen molar-refractivity contribution in [1.29, 1.82) is 0 Å². The quantitative estimate of drug-likeness (QED) is 0.818. The highest BCUT2D eigenvalue weighted by atomic mass is 35.5. The van der Waals surface area contributed by atoms with Gasteiger partial charge < -0.3 is 15.2 Å². The molecule has 0 spiro atoms. The van der Waals surface area contributed by atoms with Crippen molar-refractivity contribution in [3.05, 3.63) is 15.5 Å². The maximum atomic E-state index is 11.6. The van der Waals surface area contributed by atoms with Gasteiger partial charge in [-0.15, -0.1) is 11.3 Å². The number of thioether (sulfide) groups is 1. The Morgan fingerprint density at radius 3 is 2.71 bits per heavy atom. The first-order chi connectivity index (χ1) is 9.67. The number of ether oxygens (including phenoxy) is 1. The van der Waals surface area contributed by atoms with E-state index in [1.165, 1.54) is 23.1 Å². The van der Waals surface area contributed by atoms with E-state index in [2.05, 4.69) is 10.3 Å². The van der Waals surface area contributed by atoms with Crippen molar-refractivity contribution in [3.8, 4) is 0 Å². The number of rotatable bonds is 6. The zero-order valence-corrected chi connectivity index (χ0v) is 14.3. The number of thiazole rings is 1. The molecule has 0 aliphatic rings. The second-order valence-electron chi connectivity index (χ2n) is 5.13. The van der Waals surface area contributed by atoms with Gasteiger partial charge in [-0.25, -0.2) is 14.6 Å². The number of carboxylic acid groups (broad SMARTS) is 1. The fraction of sp³-hybridized carbons (Fsp3) is 0.583. The van der Waals surface area contributed by atoms with Crippen LogP contribution in [0, 0.1) is 0 Å². The van der Waals surface area contributed by atoms with Crippen molar-refractivity contribution < 1.29 is 19.4 Å². The molecule has 0 saturated heterocycles. The average Bonchev–Trinajstić information content (AvgIpc) is 2.71. The van der Waals surface area contributed by atoms with E-state index >= 15 is 0 Å². The molecular formula is C12H17ClN2O4S2. The largest absolute Gasteiger partial charge is 0.480 e. The van der Waals surface area contributed by atoms with Crippen LogP contribution in [0.15, 0.2) is 6.20 Å². The molecule has 118 valence electrons. The van der Waals surface area contributed by atoms with Gasteiger partial charge in [-0.05, 0) is 20.8 Å². The first-order valence-corrected chi connectivity index (χ1v) is 8.42. The van der Waals surface area contributed by atoms with Gasteiger partial charge in [-0.1, -0.05) is 11.6 Å². The molecule has 1 atom stereocenters. The van der Waals surface area contributed by atoms with Crippen LogP contribution in [0.1, 0.15) is 25.6 Å². The van der Waals surface area contributed by atoms with Gasteiger partial charge in [0.2, 0.25) is 0 Å². The second-order valence-corrected chi connectivity index (χ2v) is 7.86. The van der Waals surface area contributed by atoms with E-state index in [1.807, 2.05) is 0 Å². The van der Waals surface area contributed by atoms with Crippen LogP contribution in [0.5, 0.6) is 0 Å². The van der Waals surface area contributed by atoms with Crippen molar-refractivity contribution in [2.75, 3.05) is 5.75 Å². The summed E-state index contributed by atoms with van der Waals surface area (Å²) in [5.41, 5.74) is -0.667. The normalized spacial score (nSPS) is 12.8. The summed E-state index contributed by atoms with van der Waals surface area (Å²) >= 11 is 8.43. The van der Waals surface area contributed by atoms with Crippen molar-refractivity contribution in [1.82, 2.24) is 10.3 Å². The lowest BCUT2D eigenvalue weighted by molar-refractivity contribution is -0.138. The van der Waals surface area contributed by atoms with Gasteiger partial charge in [0.1, 0.15) is 11.6 Å². The van der Waals surface area contributed by atoms with Crippen molar-refractivity contribution in [3.63, 3.8) is 0 Å². The molecule has 0 aliphatic heterocycles. The van der Waals surface area contributed by atoms with E-state index in [9.17, 15) is 9.59 Å². The zero-order valence-electron chi connectivity index (χ0n) is 11.9. The number of carbonyl (C=O) groups is 2. The van der Waals surface area contributed by atoms with Crippen molar-refractivity contribution in [2.24, 2.45) is 0 Å². The summed E-state index contributed by atoms with van der Waals surface area (Å²) in [5, 5.41) is 11.5. The monoisotopic (exact) mass is 352 g/mol. The third kappa shape index (κ3) is 7.54. The molecule has 0 aliphatic carbocycles. The van der Waals surface area contributed by atoms with Crippen LogP contribution >= 0.6 is 34.7 Å². The Bertz CT molecular complexity index is 502. The fourth-order valence-corrected chi connectivity index (χ4v) is 3.37. The summed E-state index contributed by atoms with van der Waals surface area (Å²) in [7, 11) is 0. The maximum Gasteiger partial charge on any atom is 0.408 e. The predicted octanol–water partition coefficient (Wildman–Crippen LogP) is 3.01. The number of carboxylic acids is 1. The minimum atomic E-state index is -1.10. The number of amides is 1. The summed E-state index contributed by atoms with van der Waals surface area (Å²) in [4.78, 5) is 27.6. The molecule has 0 bridgehead atoms. The first-order valence-electron chi connectivity index (χ1n) is 6.07. The summed E-state index contributed by atoms with van der Waals surface area (Å²) in [5.74, 6) is -0.287. The van der Waals surface area contributed by atoms with Crippen LogP contribution in [0.3, 0.4) is 0 Å². The van der Waals surface area contributed by atoms with Gasteiger partial charge >= 0.3 is 12.1 Å². The molecule has 6 nitrogen and oxygen atoms in total. The highest BCUT2D eigenvalue weighted by molar-refractivity contribution is 7.98. The van der Waals surface area contributed by atoms with Gasteiger partial charge in [0.05, 0.1) is 0 Å². The third-order valence-electron chi connectivity index (χ3n) is 2.04. The lowest BCUT2D eigenvalue weighted by atomic mass is 10.2. The minimum Gasteiger partial charge on any atom is -0.480 e. The Morgan fingerprint density at radius 1 is 1.57 bits per heavy atom. The number of hydrogen-bond donors (Lipinski definition) is 2. The molecule has 9 heteroatoms. The Balaban J connectivity index is 2.43. The van der Waals surface area contributed by atoms with Gasteiger partial charge in [0.25, 0.3) is 0 Å². The highest BCUT2D eigenvalue weighted by Crippen LogP contribution is 2.22. The van der Waals surface area contributed by atoms with E-state index in [-0.39, 0.29) is 5.75 Å². The van der Waals surface area contributed by atoms with Crippen LogP contribution in [-0.4, -0.2) is 39.5 Å². The number of nitrogens with one attached hydrogen (secondary N) is 1. The number of alkyl carbamates (subject to hydrolysis) is 1. The zero-order chi connectivity index (χ0) is 16.0. The fourth-order valence-electron chi connectivity index (χ4n) is 1.25. The van der Waals surface area contributed by atoms with Gasteiger partial charge in [-0.2, -0.15) is 11.8 Å². The van der Waals surface area contributed by atoms with Gasteiger partial charge in [0, 0.05) is 22.6 Å². The lowest BCUT2D eigenvalue weighted by Gasteiger charge is -2.21. The molecule has 1 amide bonds. The summed E-state index contributed by atoms with van der Waals surface area (Å²) in [6.45, 7) is 5.14. The standard InChI is InChI=1S/C12H17ClN2O4S2/c1-12(2,3)19-11(18)15-8(9(16)17)6-20-5-7-4-14-10(13)21-7/h4,8H,5-6H2,1-3H3,(H,15,18)(H,16,17). The third-order valence-corrected chi connectivity index (χ3v) is 4.42. The van der Waals surface area contributed by atoms with E-state index in [4.69, 9.17) is 21.4 Å². The van der Waals surface area contributed by atoms with Crippen LogP contribution in [0.25, 0.3) is 0 Å². The van der Waals surface area contributed by atoms with E-state index in [1.54, 1.807) is 27.0 Å². The van der Waals surface area contributed by atoms with Crippen LogP contribution in [0.2, 0.25) is 4.47 Å². The van der Waals surface area contributed by atoms with E-state index in [0.717, 1.165) is 4.88 Å². The van der Waals surface area contributed by atoms with Crippen LogP contribution in [-0.2, 0) is 15.3 Å². The molecule has 1 unspecified atom stereocenters. The Kier molecular flexibility index (Phi) is 6.76. The first kappa shape index (κ1) is 18.1. The number of nitrogens with zero attached hydrogens (tertiary/aromatic N) is 1. The lowest BCUT2D eigenvalue weighted by Crippen LogP contribution is -2.44. The summed E-state index contributed by atoms with van der Waals surface area (Å²) in [6, 6.07) is -1.01. The van der Waals surface area contributed by atoms with Gasteiger partial charge in [-0.3, -0.25) is 0 Å². The van der Waals surface area contributed by atoms with Crippen molar-refractivity contribution >= 4 is 46.8 Å². The van der Waals surface area contributed by atoms with Crippen LogP contribution in [0.4, 0.5) is 4.79 Å². The molecule has 1 aromatic rings. The van der Waals surface area contributed by atoms with Gasteiger partial charge in [0.15, 0.2) is 4.47 Å². The highest BCUT2D eigenvalue weighted by Gasteiger charge is 2.23. The van der Waals surface area contributed by atoms with Crippen molar-refractivity contribution in [2.45, 2.75) is 38.2 Å². The Morgan fingerprint density at radius 2 is 2.24 bits per heavy atom. The van der Waals surface area contributed by atoms with E-state index < -0.39 is 23.7 Å². The predicted molar refractivity (Wildman–Crippen MR) is 84.1 cm³/mol. The number of aliphatic carboxylic acids is 1. The molecular weight excluding hydrogens is 336 g/mol. The van der Waals surface area contributed by atoms with Crippen LogP contribution < -0.4 is 5.32 Å². The number of carbonyl (C=O) groups excluding carboxylic acids is 1. The average molecular weight is 353 g/mol. The Labute approximate surface area is 136 Å². The second kappa shape index (κ2) is 7.86. The minimum absolute atomic E-state index is 0.226. The van der Waals surface area contributed by atoms with E-state index in [0.29, 0.717) is 10.2 Å². The number of halogens is 1. The topological polar surface area (TPSA) is 88.5 Å². The summed E-state index contributed by atoms with van der Waals surface area (Å²) < 4.78 is 5.49. The number of hydrogen-bond acceptors (Lipinski definition) is 6. The molecule has 1 aromatic heterocycles. The molecule has 0 radical (unpaired) electrons. The Hall–Kier alpha value is -0.990. The molecule has 1 rings (SSSR count). The smallest absolute Gasteiger partial charge is 0.408 e. The maximum absolute atomic E-state index is 11.6. The molecule has 0 fully saturated rings. The number of aromatic nitrogens is 1. The molecule has 0 aromatic carbocycles. The summed E-state index contributed by atoms with van der Waals surface area (Å²) in [6.07, 6.45) is 0.910. The molecule has 2 N–H and O–H groups in total. The molecule has 1 heterocycles. The SMILES string of the molecule is CC(C)(C)OC(=O)NC(CSCc1cnc(Cl)s1)C(=O)O. The molecule has 21 heavy (non-hydrogen) atoms.